The lowest BCUT2D eigenvalue weighted by Gasteiger charge is -2.03. The summed E-state index contributed by atoms with van der Waals surface area (Å²) in [6.45, 7) is 0. The molecule has 0 fully saturated rings. The van der Waals surface area contributed by atoms with Crippen molar-refractivity contribution in [3.63, 3.8) is 0 Å². The molecule has 0 spiro atoms. The maximum Gasteiger partial charge on any atom is 0.449 e. The first kappa shape index (κ1) is 9.20. The van der Waals surface area contributed by atoms with Crippen molar-refractivity contribution in [1.29, 1.82) is 0 Å². The van der Waals surface area contributed by atoms with Gasteiger partial charge in [0.1, 0.15) is 4.83 Å². The number of H-pyrrole nitrogens is 1. The minimum Gasteiger partial charge on any atom is -0.302 e. The van der Waals surface area contributed by atoms with Crippen molar-refractivity contribution >= 4 is 21.6 Å². The highest BCUT2D eigenvalue weighted by molar-refractivity contribution is 7.16. The van der Waals surface area contributed by atoms with Crippen LogP contribution < -0.4 is 5.56 Å². The largest absolute Gasteiger partial charge is 0.449 e. The fourth-order valence-corrected chi connectivity index (χ4v) is 1.76. The molecular weight excluding hydrogens is 217 g/mol. The number of halogens is 3. The van der Waals surface area contributed by atoms with Gasteiger partial charge >= 0.3 is 6.18 Å². The third-order valence-electron chi connectivity index (χ3n) is 1.60. The number of thiophene rings is 1. The predicted molar refractivity (Wildman–Crippen MR) is 45.2 cm³/mol. The van der Waals surface area contributed by atoms with Gasteiger partial charge in [0.05, 0.1) is 5.39 Å². The number of aromatic nitrogens is 2. The van der Waals surface area contributed by atoms with Crippen LogP contribution in [-0.2, 0) is 6.18 Å². The highest BCUT2D eigenvalue weighted by Crippen LogP contribution is 2.26. The number of nitrogens with zero attached hydrogens (tertiary/aromatic N) is 1. The highest BCUT2D eigenvalue weighted by atomic mass is 32.1. The van der Waals surface area contributed by atoms with Crippen molar-refractivity contribution in [2.75, 3.05) is 0 Å². The Hall–Kier alpha value is -1.37. The number of hydrogen-bond acceptors (Lipinski definition) is 3. The Labute approximate surface area is 79.2 Å². The fraction of sp³-hybridized carbons (Fsp3) is 0.143. The van der Waals surface area contributed by atoms with E-state index in [4.69, 9.17) is 0 Å². The molecule has 0 aliphatic carbocycles. The Balaban J connectivity index is 2.77. The van der Waals surface area contributed by atoms with E-state index in [1.54, 1.807) is 4.98 Å². The number of fused-ring (bicyclic) bond motifs is 1. The summed E-state index contributed by atoms with van der Waals surface area (Å²) in [5.74, 6) is -1.25. The molecule has 0 aliphatic heterocycles. The lowest BCUT2D eigenvalue weighted by Crippen LogP contribution is -2.18. The van der Waals surface area contributed by atoms with Crippen molar-refractivity contribution < 1.29 is 13.2 Å². The molecule has 3 nitrogen and oxygen atoms in total. The number of hydrogen-bond donors (Lipinski definition) is 1. The van der Waals surface area contributed by atoms with Crippen molar-refractivity contribution in [2.45, 2.75) is 6.18 Å². The third kappa shape index (κ3) is 1.39. The zero-order valence-electron chi connectivity index (χ0n) is 6.55. The van der Waals surface area contributed by atoms with Gasteiger partial charge < -0.3 is 4.98 Å². The van der Waals surface area contributed by atoms with Crippen LogP contribution >= 0.6 is 11.3 Å². The minimum absolute atomic E-state index is 0.0982. The maximum absolute atomic E-state index is 12.2. The first-order chi connectivity index (χ1) is 6.48. The molecule has 2 heterocycles. The van der Waals surface area contributed by atoms with Crippen molar-refractivity contribution in [3.05, 3.63) is 27.6 Å². The molecule has 0 saturated heterocycles. The van der Waals surface area contributed by atoms with E-state index in [0.29, 0.717) is 0 Å². The Morgan fingerprint density at radius 3 is 2.79 bits per heavy atom. The monoisotopic (exact) mass is 220 g/mol. The Morgan fingerprint density at radius 2 is 2.14 bits per heavy atom. The summed E-state index contributed by atoms with van der Waals surface area (Å²) >= 11 is 1.00. The molecule has 2 aromatic heterocycles. The van der Waals surface area contributed by atoms with Crippen LogP contribution in [0.1, 0.15) is 5.82 Å². The summed E-state index contributed by atoms with van der Waals surface area (Å²) in [4.78, 5) is 16.2. The fourth-order valence-electron chi connectivity index (χ4n) is 0.999. The van der Waals surface area contributed by atoms with Crippen LogP contribution in [0.3, 0.4) is 0 Å². The maximum atomic E-state index is 12.2. The molecule has 14 heavy (non-hydrogen) atoms. The minimum atomic E-state index is -4.61. The van der Waals surface area contributed by atoms with Gasteiger partial charge in [0, 0.05) is 0 Å². The molecule has 0 radical (unpaired) electrons. The Bertz CT molecular complexity index is 527. The number of alkyl halides is 3. The Morgan fingerprint density at radius 1 is 1.43 bits per heavy atom. The van der Waals surface area contributed by atoms with Gasteiger partial charge in [-0.05, 0) is 11.4 Å². The summed E-state index contributed by atoms with van der Waals surface area (Å²) in [7, 11) is 0. The van der Waals surface area contributed by atoms with E-state index in [2.05, 4.69) is 4.98 Å². The SMILES string of the molecule is O=c1[nH]c(C(F)(F)F)nc2sccc12. The van der Waals surface area contributed by atoms with Gasteiger partial charge in [-0.2, -0.15) is 13.2 Å². The predicted octanol–water partition coefficient (Wildman–Crippen LogP) is 2.00. The number of aromatic amines is 1. The van der Waals surface area contributed by atoms with Gasteiger partial charge in [0.15, 0.2) is 0 Å². The molecule has 0 atom stereocenters. The van der Waals surface area contributed by atoms with Gasteiger partial charge in [0.25, 0.3) is 5.56 Å². The lowest BCUT2D eigenvalue weighted by molar-refractivity contribution is -0.144. The van der Waals surface area contributed by atoms with E-state index in [1.165, 1.54) is 11.4 Å². The third-order valence-corrected chi connectivity index (χ3v) is 2.41. The highest BCUT2D eigenvalue weighted by Gasteiger charge is 2.34. The van der Waals surface area contributed by atoms with Gasteiger partial charge in [0.2, 0.25) is 5.82 Å². The van der Waals surface area contributed by atoms with Crippen LogP contribution in [0.5, 0.6) is 0 Å². The van der Waals surface area contributed by atoms with Gasteiger partial charge in [-0.25, -0.2) is 4.98 Å². The molecule has 74 valence electrons. The van der Waals surface area contributed by atoms with Crippen molar-refractivity contribution in [2.24, 2.45) is 0 Å². The van der Waals surface area contributed by atoms with E-state index in [1.807, 2.05) is 0 Å². The second-order valence-electron chi connectivity index (χ2n) is 2.55. The summed E-state index contributed by atoms with van der Waals surface area (Å²) in [6.07, 6.45) is -4.61. The van der Waals surface area contributed by atoms with Crippen LogP contribution in [0.25, 0.3) is 10.2 Å². The van der Waals surface area contributed by atoms with Gasteiger partial charge in [-0.3, -0.25) is 4.79 Å². The molecule has 0 unspecified atom stereocenters. The van der Waals surface area contributed by atoms with E-state index in [-0.39, 0.29) is 10.2 Å². The van der Waals surface area contributed by atoms with Crippen LogP contribution in [-0.4, -0.2) is 9.97 Å². The smallest absolute Gasteiger partial charge is 0.302 e. The van der Waals surface area contributed by atoms with Gasteiger partial charge in [-0.1, -0.05) is 0 Å². The molecule has 7 heteroatoms. The molecule has 2 aromatic rings. The molecule has 0 aromatic carbocycles. The molecule has 0 aliphatic rings. The molecule has 0 amide bonds. The second kappa shape index (κ2) is 2.81. The van der Waals surface area contributed by atoms with E-state index in [0.717, 1.165) is 11.3 Å². The van der Waals surface area contributed by atoms with Crippen LogP contribution in [0.15, 0.2) is 16.2 Å². The standard InChI is InChI=1S/C7H3F3N2OS/c8-7(9,10)6-11-4(13)3-1-2-14-5(3)12-6/h1-2H,(H,11,12,13). The first-order valence-electron chi connectivity index (χ1n) is 3.53. The molecule has 0 bridgehead atoms. The van der Waals surface area contributed by atoms with Crippen LogP contribution in [0.4, 0.5) is 13.2 Å². The summed E-state index contributed by atoms with van der Waals surface area (Å²) in [5, 5.41) is 1.70. The van der Waals surface area contributed by atoms with E-state index < -0.39 is 17.6 Å². The summed E-state index contributed by atoms with van der Waals surface area (Å²) < 4.78 is 36.5. The zero-order valence-corrected chi connectivity index (χ0v) is 7.37. The molecular formula is C7H3F3N2OS. The van der Waals surface area contributed by atoms with Crippen LogP contribution in [0.2, 0.25) is 0 Å². The average Bonchev–Trinajstić information content (AvgIpc) is 2.50. The lowest BCUT2D eigenvalue weighted by atomic mass is 10.4. The topological polar surface area (TPSA) is 45.8 Å². The average molecular weight is 220 g/mol. The second-order valence-corrected chi connectivity index (χ2v) is 3.45. The van der Waals surface area contributed by atoms with E-state index in [9.17, 15) is 18.0 Å². The number of rotatable bonds is 0. The van der Waals surface area contributed by atoms with Gasteiger partial charge in [-0.15, -0.1) is 11.3 Å². The molecule has 2 rings (SSSR count). The van der Waals surface area contributed by atoms with E-state index >= 15 is 0 Å². The summed E-state index contributed by atoms with van der Waals surface area (Å²) in [5.41, 5.74) is -0.761. The quantitative estimate of drug-likeness (QED) is 0.738. The Kier molecular flexibility index (Phi) is 1.84. The first-order valence-corrected chi connectivity index (χ1v) is 4.41. The molecule has 1 N–H and O–H groups in total. The van der Waals surface area contributed by atoms with Crippen molar-refractivity contribution in [3.8, 4) is 0 Å². The van der Waals surface area contributed by atoms with Crippen LogP contribution in [0, 0.1) is 0 Å². The van der Waals surface area contributed by atoms with Crippen molar-refractivity contribution in [1.82, 2.24) is 9.97 Å². The number of nitrogens with one attached hydrogen (secondary N) is 1. The summed E-state index contributed by atoms with van der Waals surface area (Å²) in [6, 6.07) is 1.44. The molecule has 0 saturated carbocycles. The normalized spacial score (nSPS) is 12.2. The zero-order chi connectivity index (χ0) is 10.3.